The lowest BCUT2D eigenvalue weighted by molar-refractivity contribution is -0.150. The van der Waals surface area contributed by atoms with Crippen LogP contribution < -0.4 is 16.0 Å². The standard InChI is InChI=1S/C27H15Cl3F9N3O3/c28-15-2-1-13(40-24(45)20-19(26(20,29)30)10-5-11(27(37,38)39)7-12(31)6-10)8-14(15)23(44)41-17-4-3-16(32)22(21(17)33)42-18(43)9-25(34,35)36/h1-8,19-20H,9H2,(H,40,45)(H,41,44)(H,42,43)/t19-,20+/m0/s1. The lowest BCUT2D eigenvalue weighted by Gasteiger charge is -2.14. The quantitative estimate of drug-likeness (QED) is 0.170. The lowest BCUT2D eigenvalue weighted by Crippen LogP contribution is -2.23. The van der Waals surface area contributed by atoms with E-state index in [1.165, 1.54) is 11.4 Å². The molecule has 0 aromatic heterocycles. The van der Waals surface area contributed by atoms with Crippen molar-refractivity contribution in [3.05, 3.63) is 87.7 Å². The molecular weight excluding hydrogens is 692 g/mol. The zero-order valence-corrected chi connectivity index (χ0v) is 24.0. The number of nitrogens with one attached hydrogen (secondary N) is 3. The smallest absolute Gasteiger partial charge is 0.326 e. The molecule has 0 unspecified atom stereocenters. The number of benzene rings is 3. The van der Waals surface area contributed by atoms with Crippen molar-refractivity contribution in [3.8, 4) is 0 Å². The van der Waals surface area contributed by atoms with Crippen LogP contribution in [-0.4, -0.2) is 28.2 Å². The molecule has 2 atom stereocenters. The van der Waals surface area contributed by atoms with E-state index in [2.05, 4.69) is 5.32 Å². The van der Waals surface area contributed by atoms with E-state index in [1.54, 1.807) is 0 Å². The van der Waals surface area contributed by atoms with Gasteiger partial charge in [-0.25, -0.2) is 13.2 Å². The fourth-order valence-electron chi connectivity index (χ4n) is 4.34. The van der Waals surface area contributed by atoms with Crippen molar-refractivity contribution in [3.63, 3.8) is 0 Å². The van der Waals surface area contributed by atoms with Gasteiger partial charge in [0.15, 0.2) is 5.82 Å². The van der Waals surface area contributed by atoms with Crippen LogP contribution in [0.15, 0.2) is 48.5 Å². The van der Waals surface area contributed by atoms with Gasteiger partial charge in [0.1, 0.15) is 28.1 Å². The molecule has 1 saturated carbocycles. The molecule has 3 N–H and O–H groups in total. The summed E-state index contributed by atoms with van der Waals surface area (Å²) in [4.78, 5) is 37.4. The molecule has 0 saturated heterocycles. The highest BCUT2D eigenvalue weighted by molar-refractivity contribution is 6.53. The summed E-state index contributed by atoms with van der Waals surface area (Å²) in [6.07, 6.45) is -11.9. The van der Waals surface area contributed by atoms with Crippen LogP contribution in [0.4, 0.5) is 56.6 Å². The summed E-state index contributed by atoms with van der Waals surface area (Å²) in [5.41, 5.74) is -4.18. The first-order valence-electron chi connectivity index (χ1n) is 12.2. The fraction of sp³-hybridized carbons (Fsp3) is 0.222. The normalized spacial score (nSPS) is 17.4. The van der Waals surface area contributed by atoms with Crippen molar-refractivity contribution in [1.82, 2.24) is 0 Å². The Kier molecular flexibility index (Phi) is 9.31. The summed E-state index contributed by atoms with van der Waals surface area (Å²) in [5, 5.41) is 5.56. The molecule has 3 aromatic carbocycles. The van der Waals surface area contributed by atoms with E-state index in [0.717, 1.165) is 18.2 Å². The fourth-order valence-corrected chi connectivity index (χ4v) is 5.37. The molecule has 0 bridgehead atoms. The maximum Gasteiger partial charge on any atom is 0.416 e. The Balaban J connectivity index is 1.52. The third kappa shape index (κ3) is 7.76. The molecule has 240 valence electrons. The first kappa shape index (κ1) is 34.2. The second kappa shape index (κ2) is 12.2. The van der Waals surface area contributed by atoms with E-state index in [1.807, 2.05) is 5.32 Å². The number of hydrogen-bond donors (Lipinski definition) is 3. The number of anilines is 3. The second-order valence-electron chi connectivity index (χ2n) is 9.66. The first-order valence-corrected chi connectivity index (χ1v) is 13.3. The summed E-state index contributed by atoms with van der Waals surface area (Å²) >= 11 is 18.4. The molecule has 0 aliphatic heterocycles. The van der Waals surface area contributed by atoms with Crippen molar-refractivity contribution in [2.24, 2.45) is 5.92 Å². The Labute approximate surface area is 261 Å². The topological polar surface area (TPSA) is 87.3 Å². The van der Waals surface area contributed by atoms with Gasteiger partial charge in [-0.05, 0) is 54.1 Å². The minimum absolute atomic E-state index is 0.126. The van der Waals surface area contributed by atoms with E-state index < -0.39 is 92.6 Å². The molecule has 0 spiro atoms. The number of halogens is 12. The highest BCUT2D eigenvalue weighted by atomic mass is 35.5. The van der Waals surface area contributed by atoms with E-state index in [4.69, 9.17) is 34.8 Å². The van der Waals surface area contributed by atoms with Crippen LogP contribution in [-0.2, 0) is 15.8 Å². The van der Waals surface area contributed by atoms with Crippen molar-refractivity contribution in [1.29, 1.82) is 0 Å². The SMILES string of the molecule is O=C(CC(F)(F)F)Nc1c(F)ccc(NC(=O)c2cc(NC(=O)[C@H]3[C@H](c4cc(F)cc(C(F)(F)F)c4)C3(Cl)Cl)ccc2Cl)c1F. The molecule has 1 fully saturated rings. The predicted octanol–water partition coefficient (Wildman–Crippen LogP) is 8.45. The van der Waals surface area contributed by atoms with Crippen LogP contribution >= 0.6 is 34.8 Å². The van der Waals surface area contributed by atoms with Crippen LogP contribution in [0.3, 0.4) is 0 Å². The Hall–Kier alpha value is -3.69. The Bertz CT molecular complexity index is 1700. The average molecular weight is 707 g/mol. The Morgan fingerprint density at radius 1 is 0.844 bits per heavy atom. The van der Waals surface area contributed by atoms with Gasteiger partial charge in [0.05, 0.1) is 27.8 Å². The summed E-state index contributed by atoms with van der Waals surface area (Å²) in [5.74, 6) is -10.8. The minimum atomic E-state index is -4.97. The minimum Gasteiger partial charge on any atom is -0.326 e. The van der Waals surface area contributed by atoms with Gasteiger partial charge in [0, 0.05) is 11.6 Å². The molecule has 45 heavy (non-hydrogen) atoms. The van der Waals surface area contributed by atoms with Crippen molar-refractivity contribution >= 4 is 69.6 Å². The maximum absolute atomic E-state index is 14.9. The van der Waals surface area contributed by atoms with Crippen LogP contribution in [0.5, 0.6) is 0 Å². The van der Waals surface area contributed by atoms with E-state index in [-0.39, 0.29) is 22.3 Å². The highest BCUT2D eigenvalue weighted by Gasteiger charge is 2.67. The molecule has 18 heteroatoms. The zero-order valence-electron chi connectivity index (χ0n) is 21.7. The van der Waals surface area contributed by atoms with Gasteiger partial charge in [0.25, 0.3) is 5.91 Å². The molecule has 3 amide bonds. The number of carbonyl (C=O) groups excluding carboxylic acids is 3. The molecule has 0 heterocycles. The third-order valence-electron chi connectivity index (χ3n) is 6.39. The molecular formula is C27H15Cl3F9N3O3. The first-order chi connectivity index (χ1) is 20.7. The molecule has 3 aromatic rings. The number of amides is 3. The Morgan fingerprint density at radius 2 is 1.51 bits per heavy atom. The van der Waals surface area contributed by atoms with Crippen LogP contribution in [0.25, 0.3) is 0 Å². The van der Waals surface area contributed by atoms with Crippen molar-refractivity contribution < 1.29 is 53.9 Å². The third-order valence-corrected chi connectivity index (χ3v) is 7.66. The molecule has 6 nitrogen and oxygen atoms in total. The summed E-state index contributed by atoms with van der Waals surface area (Å²) in [6, 6.07) is 6.21. The van der Waals surface area contributed by atoms with E-state index in [0.29, 0.717) is 18.2 Å². The summed E-state index contributed by atoms with van der Waals surface area (Å²) in [7, 11) is 0. The summed E-state index contributed by atoms with van der Waals surface area (Å²) < 4.78 is 118. The number of rotatable bonds is 7. The van der Waals surface area contributed by atoms with Crippen molar-refractivity contribution in [2.45, 2.75) is 29.0 Å². The van der Waals surface area contributed by atoms with Crippen LogP contribution in [0, 0.1) is 23.4 Å². The molecule has 1 aliphatic carbocycles. The van der Waals surface area contributed by atoms with Gasteiger partial charge >= 0.3 is 12.4 Å². The molecule has 0 radical (unpaired) electrons. The van der Waals surface area contributed by atoms with Crippen molar-refractivity contribution in [2.75, 3.05) is 16.0 Å². The lowest BCUT2D eigenvalue weighted by atomic mass is 10.0. The van der Waals surface area contributed by atoms with E-state index >= 15 is 0 Å². The number of alkyl halides is 8. The van der Waals surface area contributed by atoms with Gasteiger partial charge in [-0.1, -0.05) is 11.6 Å². The van der Waals surface area contributed by atoms with Gasteiger partial charge in [-0.2, -0.15) is 26.3 Å². The Morgan fingerprint density at radius 3 is 2.13 bits per heavy atom. The second-order valence-corrected chi connectivity index (χ2v) is 11.5. The molecule has 1 aliphatic rings. The number of hydrogen-bond acceptors (Lipinski definition) is 3. The van der Waals surface area contributed by atoms with Gasteiger partial charge in [0.2, 0.25) is 11.8 Å². The van der Waals surface area contributed by atoms with Crippen LogP contribution in [0.1, 0.15) is 33.8 Å². The van der Waals surface area contributed by atoms with Crippen LogP contribution in [0.2, 0.25) is 5.02 Å². The summed E-state index contributed by atoms with van der Waals surface area (Å²) in [6.45, 7) is 0. The van der Waals surface area contributed by atoms with Gasteiger partial charge < -0.3 is 16.0 Å². The highest BCUT2D eigenvalue weighted by Crippen LogP contribution is 2.65. The monoisotopic (exact) mass is 705 g/mol. The maximum atomic E-state index is 14.9. The average Bonchev–Trinajstić information content (AvgIpc) is 3.49. The van der Waals surface area contributed by atoms with Gasteiger partial charge in [-0.15, -0.1) is 23.2 Å². The van der Waals surface area contributed by atoms with E-state index in [9.17, 15) is 53.9 Å². The largest absolute Gasteiger partial charge is 0.416 e. The predicted molar refractivity (Wildman–Crippen MR) is 146 cm³/mol. The van der Waals surface area contributed by atoms with Gasteiger partial charge in [-0.3, -0.25) is 14.4 Å². The molecule has 4 rings (SSSR count). The zero-order chi connectivity index (χ0) is 33.6. The number of carbonyl (C=O) groups is 3.